The molecule has 1 N–H and O–H groups in total. The summed E-state index contributed by atoms with van der Waals surface area (Å²) in [6.07, 6.45) is 8.11. The minimum Gasteiger partial charge on any atom is -0.356 e. The van der Waals surface area contributed by atoms with E-state index < -0.39 is 10.0 Å². The summed E-state index contributed by atoms with van der Waals surface area (Å²) in [6, 6.07) is 10.2. The molecule has 2 fully saturated rings. The summed E-state index contributed by atoms with van der Waals surface area (Å²) in [5.74, 6) is 0.630. The maximum absolute atomic E-state index is 13.2. The van der Waals surface area contributed by atoms with E-state index in [1.54, 1.807) is 28.7 Å². The molecule has 172 valence electrons. The number of piperidine rings is 2. The maximum atomic E-state index is 13.2. The normalized spacial score (nSPS) is 20.2. The highest BCUT2D eigenvalue weighted by Crippen LogP contribution is 2.26. The highest BCUT2D eigenvalue weighted by molar-refractivity contribution is 7.89. The van der Waals surface area contributed by atoms with Crippen molar-refractivity contribution in [1.29, 1.82) is 0 Å². The number of benzene rings is 1. The molecule has 1 unspecified atom stereocenters. The van der Waals surface area contributed by atoms with Crippen LogP contribution in [0.25, 0.3) is 0 Å². The lowest BCUT2D eigenvalue weighted by Gasteiger charge is -2.32. The van der Waals surface area contributed by atoms with Gasteiger partial charge in [-0.3, -0.25) is 4.79 Å². The van der Waals surface area contributed by atoms with Crippen LogP contribution in [0.1, 0.15) is 61.4 Å². The zero-order chi connectivity index (χ0) is 22.6. The quantitative estimate of drug-likeness (QED) is 0.719. The van der Waals surface area contributed by atoms with Gasteiger partial charge in [-0.2, -0.15) is 4.31 Å². The van der Waals surface area contributed by atoms with Crippen molar-refractivity contribution in [2.75, 3.05) is 24.5 Å². The molecule has 2 aliphatic rings. The molecule has 1 atom stereocenters. The summed E-state index contributed by atoms with van der Waals surface area (Å²) < 4.78 is 27.9. The molecule has 2 saturated heterocycles. The average molecular weight is 457 g/mol. The molecule has 32 heavy (non-hydrogen) atoms. The molecular weight excluding hydrogens is 424 g/mol. The van der Waals surface area contributed by atoms with Crippen molar-refractivity contribution < 1.29 is 13.2 Å². The molecule has 8 heteroatoms. The number of nitrogens with one attached hydrogen (secondary N) is 1. The molecule has 2 aliphatic heterocycles. The number of rotatable bonds is 6. The van der Waals surface area contributed by atoms with Crippen molar-refractivity contribution in [2.24, 2.45) is 0 Å². The fourth-order valence-electron chi connectivity index (χ4n) is 4.60. The lowest BCUT2D eigenvalue weighted by atomic mass is 10.1. The number of amides is 1. The number of sulfonamides is 1. The zero-order valence-corrected chi connectivity index (χ0v) is 19.5. The Morgan fingerprint density at radius 3 is 2.62 bits per heavy atom. The number of aromatic nitrogens is 1. The third kappa shape index (κ3) is 4.96. The molecule has 3 heterocycles. The van der Waals surface area contributed by atoms with Crippen LogP contribution in [0.3, 0.4) is 0 Å². The first-order valence-corrected chi connectivity index (χ1v) is 13.0. The number of carbonyl (C=O) groups is 1. The molecule has 0 spiro atoms. The van der Waals surface area contributed by atoms with Crippen molar-refractivity contribution in [3.05, 3.63) is 53.7 Å². The molecule has 1 aromatic carbocycles. The van der Waals surface area contributed by atoms with E-state index in [1.165, 1.54) is 12.5 Å². The molecule has 7 nitrogen and oxygen atoms in total. The van der Waals surface area contributed by atoms with E-state index in [9.17, 15) is 13.2 Å². The van der Waals surface area contributed by atoms with E-state index in [4.69, 9.17) is 0 Å². The fraction of sp³-hybridized carbons (Fsp3) is 0.500. The Hall–Kier alpha value is -2.45. The van der Waals surface area contributed by atoms with Gasteiger partial charge in [-0.25, -0.2) is 13.4 Å². The monoisotopic (exact) mass is 456 g/mol. The fourth-order valence-corrected chi connectivity index (χ4v) is 6.34. The maximum Gasteiger partial charge on any atom is 0.251 e. The predicted octanol–water partition coefficient (Wildman–Crippen LogP) is 3.57. The van der Waals surface area contributed by atoms with Gasteiger partial charge in [0.25, 0.3) is 5.91 Å². The molecule has 0 saturated carbocycles. The highest BCUT2D eigenvalue weighted by atomic mass is 32.2. The molecule has 1 amide bonds. The van der Waals surface area contributed by atoms with E-state index in [-0.39, 0.29) is 16.8 Å². The van der Waals surface area contributed by atoms with Gasteiger partial charge in [-0.05, 0) is 63.3 Å². The zero-order valence-electron chi connectivity index (χ0n) is 18.7. The predicted molar refractivity (Wildman–Crippen MR) is 125 cm³/mol. The summed E-state index contributed by atoms with van der Waals surface area (Å²) in [5, 5.41) is 2.95. The highest BCUT2D eigenvalue weighted by Gasteiger charge is 2.31. The summed E-state index contributed by atoms with van der Waals surface area (Å²) in [6.45, 7) is 4.78. The van der Waals surface area contributed by atoms with Gasteiger partial charge in [0.05, 0.1) is 4.90 Å². The molecule has 0 bridgehead atoms. The number of hydrogen-bond donors (Lipinski definition) is 1. The first kappa shape index (κ1) is 22.7. The van der Waals surface area contributed by atoms with Gasteiger partial charge in [0.2, 0.25) is 10.0 Å². The second-order valence-corrected chi connectivity index (χ2v) is 10.6. The van der Waals surface area contributed by atoms with Gasteiger partial charge in [-0.1, -0.05) is 18.6 Å². The Morgan fingerprint density at radius 2 is 1.84 bits per heavy atom. The summed E-state index contributed by atoms with van der Waals surface area (Å²) >= 11 is 0. The largest absolute Gasteiger partial charge is 0.356 e. The van der Waals surface area contributed by atoms with Gasteiger partial charge in [0.15, 0.2) is 0 Å². The minimum absolute atomic E-state index is 0.0231. The second-order valence-electron chi connectivity index (χ2n) is 8.70. The minimum atomic E-state index is -3.62. The smallest absolute Gasteiger partial charge is 0.251 e. The second kappa shape index (κ2) is 10.0. The lowest BCUT2D eigenvalue weighted by molar-refractivity contribution is 0.0950. The van der Waals surface area contributed by atoms with Gasteiger partial charge in [0, 0.05) is 49.5 Å². The van der Waals surface area contributed by atoms with E-state index in [0.29, 0.717) is 18.7 Å². The van der Waals surface area contributed by atoms with Crippen LogP contribution in [0.15, 0.2) is 47.5 Å². The van der Waals surface area contributed by atoms with E-state index in [2.05, 4.69) is 15.2 Å². The Balaban J connectivity index is 1.47. The molecule has 1 aromatic heterocycles. The van der Waals surface area contributed by atoms with Crippen LogP contribution in [-0.2, 0) is 16.6 Å². The van der Waals surface area contributed by atoms with Crippen LogP contribution in [0.2, 0.25) is 0 Å². The Labute approximate surface area is 190 Å². The molecule has 0 aliphatic carbocycles. The SMILES string of the molecule is CC1CCCCN1S(=O)(=O)c1cccc(C(=O)NCc2cccnc2N2CCCCC2)c1. The first-order chi connectivity index (χ1) is 15.5. The van der Waals surface area contributed by atoms with E-state index in [0.717, 1.165) is 56.6 Å². The van der Waals surface area contributed by atoms with E-state index >= 15 is 0 Å². The molecule has 4 rings (SSSR count). The topological polar surface area (TPSA) is 82.6 Å². The van der Waals surface area contributed by atoms with Gasteiger partial charge >= 0.3 is 0 Å². The molecular formula is C24H32N4O3S. The van der Waals surface area contributed by atoms with Crippen LogP contribution in [0.4, 0.5) is 5.82 Å². The third-order valence-electron chi connectivity index (χ3n) is 6.41. The Kier molecular flexibility index (Phi) is 7.10. The van der Waals surface area contributed by atoms with Crippen molar-refractivity contribution in [3.8, 4) is 0 Å². The molecule has 2 aromatic rings. The number of nitrogens with zero attached hydrogens (tertiary/aromatic N) is 3. The van der Waals surface area contributed by atoms with Crippen molar-refractivity contribution in [3.63, 3.8) is 0 Å². The number of hydrogen-bond acceptors (Lipinski definition) is 5. The van der Waals surface area contributed by atoms with Crippen molar-refractivity contribution in [2.45, 2.75) is 62.9 Å². The average Bonchev–Trinajstić information content (AvgIpc) is 2.83. The summed E-state index contributed by atoms with van der Waals surface area (Å²) in [4.78, 5) is 19.9. The standard InChI is InChI=1S/C24H32N4O3S/c1-19-9-3-6-16-28(19)32(30,31)22-12-7-10-20(17-22)24(29)26-18-21-11-8-13-25-23(21)27-14-4-2-5-15-27/h7-8,10-13,17,19H,2-6,9,14-16,18H2,1H3,(H,26,29). The van der Waals surface area contributed by atoms with Crippen molar-refractivity contribution in [1.82, 2.24) is 14.6 Å². The van der Waals surface area contributed by atoms with Crippen LogP contribution < -0.4 is 10.2 Å². The van der Waals surface area contributed by atoms with Crippen LogP contribution in [-0.4, -0.2) is 49.3 Å². The van der Waals surface area contributed by atoms with Crippen LogP contribution in [0, 0.1) is 0 Å². The van der Waals surface area contributed by atoms with Gasteiger partial charge < -0.3 is 10.2 Å². The Bertz CT molecular complexity index is 1050. The van der Waals surface area contributed by atoms with Crippen LogP contribution in [0.5, 0.6) is 0 Å². The van der Waals surface area contributed by atoms with Gasteiger partial charge in [-0.15, -0.1) is 0 Å². The van der Waals surface area contributed by atoms with Crippen LogP contribution >= 0.6 is 0 Å². The number of anilines is 1. The molecule has 0 radical (unpaired) electrons. The number of carbonyl (C=O) groups excluding carboxylic acids is 1. The van der Waals surface area contributed by atoms with E-state index in [1.807, 2.05) is 19.1 Å². The van der Waals surface area contributed by atoms with Gasteiger partial charge in [0.1, 0.15) is 5.82 Å². The summed E-state index contributed by atoms with van der Waals surface area (Å²) in [7, 11) is -3.62. The third-order valence-corrected chi connectivity index (χ3v) is 8.42. The van der Waals surface area contributed by atoms with Crippen molar-refractivity contribution >= 4 is 21.7 Å². The summed E-state index contributed by atoms with van der Waals surface area (Å²) in [5.41, 5.74) is 1.31. The Morgan fingerprint density at radius 1 is 1.06 bits per heavy atom. The number of pyridine rings is 1. The lowest BCUT2D eigenvalue weighted by Crippen LogP contribution is -2.42. The first-order valence-electron chi connectivity index (χ1n) is 11.6.